The number of rotatable bonds is 5. The minimum Gasteiger partial charge on any atom is -0.457 e. The van der Waals surface area contributed by atoms with Crippen molar-refractivity contribution in [2.75, 3.05) is 0 Å². The van der Waals surface area contributed by atoms with Crippen LogP contribution in [0.15, 0.2) is 103 Å². The molecule has 3 nitrogen and oxygen atoms in total. The van der Waals surface area contributed by atoms with E-state index in [-0.39, 0.29) is 6.61 Å². The Balaban J connectivity index is 1.48. The second kappa shape index (κ2) is 9.68. The predicted octanol–water partition coefficient (Wildman–Crippen LogP) is 8.23. The molecule has 5 heteroatoms. The monoisotopic (exact) mass is 483 g/mol. The van der Waals surface area contributed by atoms with Crippen LogP contribution in [0.2, 0.25) is 10.0 Å². The minimum absolute atomic E-state index is 0.0188. The molecule has 0 spiro atoms. The fraction of sp³-hybridized carbons (Fsp3) is 0.0345. The van der Waals surface area contributed by atoms with Crippen molar-refractivity contribution >= 4 is 40.1 Å². The van der Waals surface area contributed by atoms with Gasteiger partial charge in [-0.15, -0.1) is 0 Å². The maximum absolute atomic E-state index is 13.1. The molecule has 1 heterocycles. The Bertz CT molecular complexity index is 1460. The molecule has 4 aromatic carbocycles. The van der Waals surface area contributed by atoms with Crippen LogP contribution in [0.4, 0.5) is 0 Å². The summed E-state index contributed by atoms with van der Waals surface area (Å²) < 4.78 is 5.62. The highest BCUT2D eigenvalue weighted by Gasteiger charge is 2.17. The summed E-state index contributed by atoms with van der Waals surface area (Å²) in [4.78, 5) is 17.9. The molecule has 1 aromatic heterocycles. The molecule has 0 aliphatic rings. The Kier molecular flexibility index (Phi) is 6.31. The smallest absolute Gasteiger partial charge is 0.339 e. The van der Waals surface area contributed by atoms with Gasteiger partial charge in [-0.3, -0.25) is 0 Å². The van der Waals surface area contributed by atoms with Crippen molar-refractivity contribution in [2.24, 2.45) is 0 Å². The fourth-order valence-electron chi connectivity index (χ4n) is 3.84. The standard InChI is InChI=1S/C29H19Cl2NO2/c30-25-10-6-11-26(31)24(25)18-34-29(33)23-17-28(32-27-12-5-4-9-22(23)27)21-15-13-20(14-16-21)19-7-2-1-3-8-19/h1-17H,18H2. The van der Waals surface area contributed by atoms with E-state index in [0.29, 0.717) is 26.9 Å². The SMILES string of the molecule is O=C(OCc1c(Cl)cccc1Cl)c1cc(-c2ccc(-c3ccccc3)cc2)nc2ccccc12. The molecule has 0 aliphatic carbocycles. The molecule has 0 atom stereocenters. The quantitative estimate of drug-likeness (QED) is 0.236. The lowest BCUT2D eigenvalue weighted by Crippen LogP contribution is -2.07. The Hall–Kier alpha value is -3.66. The number of para-hydroxylation sites is 1. The number of fused-ring (bicyclic) bond motifs is 1. The minimum atomic E-state index is -0.461. The highest BCUT2D eigenvalue weighted by molar-refractivity contribution is 6.36. The van der Waals surface area contributed by atoms with E-state index in [1.165, 1.54) is 0 Å². The lowest BCUT2D eigenvalue weighted by molar-refractivity contribution is 0.0475. The van der Waals surface area contributed by atoms with Gasteiger partial charge in [-0.2, -0.15) is 0 Å². The third-order valence-corrected chi connectivity index (χ3v) is 6.34. The normalized spacial score (nSPS) is 10.9. The third kappa shape index (κ3) is 4.54. The molecule has 166 valence electrons. The third-order valence-electron chi connectivity index (χ3n) is 5.63. The second-order valence-corrected chi connectivity index (χ2v) is 8.61. The molecule has 0 unspecified atom stereocenters. The fourth-order valence-corrected chi connectivity index (χ4v) is 4.35. The van der Waals surface area contributed by atoms with Gasteiger partial charge in [0.25, 0.3) is 0 Å². The molecule has 0 fully saturated rings. The average molecular weight is 484 g/mol. The summed E-state index contributed by atoms with van der Waals surface area (Å²) in [6, 6.07) is 32.8. The predicted molar refractivity (Wildman–Crippen MR) is 138 cm³/mol. The summed E-state index contributed by atoms with van der Waals surface area (Å²) in [6.07, 6.45) is 0. The zero-order valence-electron chi connectivity index (χ0n) is 18.0. The number of ether oxygens (including phenoxy) is 1. The number of hydrogen-bond donors (Lipinski definition) is 0. The molecule has 0 radical (unpaired) electrons. The molecule has 34 heavy (non-hydrogen) atoms. The number of aromatic nitrogens is 1. The van der Waals surface area contributed by atoms with E-state index in [1.54, 1.807) is 24.3 Å². The number of esters is 1. The van der Waals surface area contributed by atoms with Crippen LogP contribution in [-0.2, 0) is 11.3 Å². The summed E-state index contributed by atoms with van der Waals surface area (Å²) >= 11 is 12.5. The molecular weight excluding hydrogens is 465 g/mol. The summed E-state index contributed by atoms with van der Waals surface area (Å²) in [5.41, 5.74) is 5.60. The largest absolute Gasteiger partial charge is 0.457 e. The number of benzene rings is 4. The number of halogens is 2. The van der Waals surface area contributed by atoms with Crippen molar-refractivity contribution in [3.05, 3.63) is 124 Å². The zero-order valence-corrected chi connectivity index (χ0v) is 19.6. The van der Waals surface area contributed by atoms with Crippen molar-refractivity contribution < 1.29 is 9.53 Å². The van der Waals surface area contributed by atoms with Crippen LogP contribution in [0.3, 0.4) is 0 Å². The van der Waals surface area contributed by atoms with Crippen molar-refractivity contribution in [1.29, 1.82) is 0 Å². The molecular formula is C29H19Cl2NO2. The van der Waals surface area contributed by atoms with E-state index in [1.807, 2.05) is 54.6 Å². The molecule has 0 saturated heterocycles. The Morgan fingerprint density at radius 3 is 2.06 bits per heavy atom. The second-order valence-electron chi connectivity index (χ2n) is 7.79. The van der Waals surface area contributed by atoms with Gasteiger partial charge in [-0.25, -0.2) is 9.78 Å². The van der Waals surface area contributed by atoms with E-state index in [2.05, 4.69) is 24.3 Å². The van der Waals surface area contributed by atoms with Gasteiger partial charge in [-0.1, -0.05) is 102 Å². The van der Waals surface area contributed by atoms with Crippen molar-refractivity contribution in [3.8, 4) is 22.4 Å². The van der Waals surface area contributed by atoms with E-state index in [0.717, 1.165) is 27.6 Å². The number of hydrogen-bond acceptors (Lipinski definition) is 3. The van der Waals surface area contributed by atoms with Gasteiger partial charge < -0.3 is 4.74 Å². The van der Waals surface area contributed by atoms with Gasteiger partial charge >= 0.3 is 5.97 Å². The molecule has 5 aromatic rings. The molecule has 0 aliphatic heterocycles. The van der Waals surface area contributed by atoms with Crippen LogP contribution in [-0.4, -0.2) is 11.0 Å². The average Bonchev–Trinajstić information content (AvgIpc) is 2.88. The molecule has 5 rings (SSSR count). The molecule has 0 amide bonds. The van der Waals surface area contributed by atoms with Gasteiger partial charge in [0.2, 0.25) is 0 Å². The van der Waals surface area contributed by atoms with E-state index >= 15 is 0 Å². The van der Waals surface area contributed by atoms with Crippen molar-refractivity contribution in [3.63, 3.8) is 0 Å². The number of pyridine rings is 1. The summed E-state index contributed by atoms with van der Waals surface area (Å²) in [6.45, 7) is -0.0188. The summed E-state index contributed by atoms with van der Waals surface area (Å²) in [5, 5.41) is 1.64. The molecule has 0 saturated carbocycles. The topological polar surface area (TPSA) is 39.2 Å². The molecule has 0 bridgehead atoms. The van der Waals surface area contributed by atoms with Crippen LogP contribution in [0.5, 0.6) is 0 Å². The first-order chi connectivity index (χ1) is 16.6. The van der Waals surface area contributed by atoms with E-state index < -0.39 is 5.97 Å². The number of carbonyl (C=O) groups is 1. The van der Waals surface area contributed by atoms with E-state index in [4.69, 9.17) is 32.9 Å². The number of nitrogens with zero attached hydrogens (tertiary/aromatic N) is 1. The first-order valence-electron chi connectivity index (χ1n) is 10.8. The van der Waals surface area contributed by atoms with E-state index in [9.17, 15) is 4.79 Å². The van der Waals surface area contributed by atoms with Crippen LogP contribution < -0.4 is 0 Å². The zero-order chi connectivity index (χ0) is 23.5. The lowest BCUT2D eigenvalue weighted by atomic mass is 10.0. The first kappa shape index (κ1) is 22.1. The Labute approximate surface area is 207 Å². The van der Waals surface area contributed by atoms with Crippen molar-refractivity contribution in [2.45, 2.75) is 6.61 Å². The van der Waals surface area contributed by atoms with Crippen molar-refractivity contribution in [1.82, 2.24) is 4.98 Å². The maximum Gasteiger partial charge on any atom is 0.339 e. The highest BCUT2D eigenvalue weighted by Crippen LogP contribution is 2.29. The molecule has 0 N–H and O–H groups in total. The van der Waals surface area contributed by atoms with Gasteiger partial charge in [0.15, 0.2) is 0 Å². The maximum atomic E-state index is 13.1. The summed E-state index contributed by atoms with van der Waals surface area (Å²) in [5.74, 6) is -0.461. The Morgan fingerprint density at radius 2 is 1.32 bits per heavy atom. The van der Waals surface area contributed by atoms with Gasteiger partial charge in [-0.05, 0) is 35.4 Å². The Morgan fingerprint density at radius 1 is 0.706 bits per heavy atom. The van der Waals surface area contributed by atoms with Crippen LogP contribution in [0, 0.1) is 0 Å². The van der Waals surface area contributed by atoms with Crippen LogP contribution >= 0.6 is 23.2 Å². The van der Waals surface area contributed by atoms with Gasteiger partial charge in [0.05, 0.1) is 16.8 Å². The van der Waals surface area contributed by atoms with Crippen LogP contribution in [0.1, 0.15) is 15.9 Å². The van der Waals surface area contributed by atoms with Crippen LogP contribution in [0.25, 0.3) is 33.3 Å². The van der Waals surface area contributed by atoms with Gasteiger partial charge in [0.1, 0.15) is 6.61 Å². The number of carbonyl (C=O) groups excluding carboxylic acids is 1. The highest BCUT2D eigenvalue weighted by atomic mass is 35.5. The lowest BCUT2D eigenvalue weighted by Gasteiger charge is -2.12. The summed E-state index contributed by atoms with van der Waals surface area (Å²) in [7, 11) is 0. The first-order valence-corrected chi connectivity index (χ1v) is 11.5. The van der Waals surface area contributed by atoms with Gasteiger partial charge in [0, 0.05) is 26.6 Å².